The van der Waals surface area contributed by atoms with Crippen LogP contribution >= 0.6 is 0 Å². The van der Waals surface area contributed by atoms with E-state index in [9.17, 15) is 4.39 Å². The molecular weight excluding hydrogens is 229 g/mol. The van der Waals surface area contributed by atoms with Gasteiger partial charge < -0.3 is 0 Å². The van der Waals surface area contributed by atoms with Crippen LogP contribution in [0.1, 0.15) is 25.0 Å². The van der Waals surface area contributed by atoms with Crippen molar-refractivity contribution in [3.63, 3.8) is 0 Å². The number of nitrogens with zero attached hydrogens (tertiary/aromatic N) is 3. The van der Waals surface area contributed by atoms with Crippen molar-refractivity contribution in [2.24, 2.45) is 5.92 Å². The minimum absolute atomic E-state index is 0.0409. The van der Waals surface area contributed by atoms with Crippen LogP contribution in [0.5, 0.6) is 0 Å². The Morgan fingerprint density at radius 1 is 1.39 bits per heavy atom. The van der Waals surface area contributed by atoms with Gasteiger partial charge in [0.25, 0.3) is 0 Å². The van der Waals surface area contributed by atoms with Gasteiger partial charge in [-0.1, -0.05) is 13.0 Å². The van der Waals surface area contributed by atoms with Crippen LogP contribution in [0.2, 0.25) is 0 Å². The Labute approximate surface area is 107 Å². The van der Waals surface area contributed by atoms with Crippen molar-refractivity contribution < 1.29 is 4.39 Å². The zero-order chi connectivity index (χ0) is 13.5. The van der Waals surface area contributed by atoms with E-state index in [0.717, 1.165) is 12.1 Å². The smallest absolute Gasteiger partial charge is 0.140 e. The number of hydrogen-bond donors (Lipinski definition) is 0. The van der Waals surface area contributed by atoms with Crippen molar-refractivity contribution in [3.05, 3.63) is 35.1 Å². The standard InChI is InChI=1S/C14H16FN3/c1-3-18(9-11(2)7-16)10-12-4-5-14(15)13(6-12)8-17/h4-6,11H,3,9-10H2,1-2H3. The van der Waals surface area contributed by atoms with Crippen LogP contribution in [-0.2, 0) is 6.54 Å². The molecule has 0 aliphatic heterocycles. The average Bonchev–Trinajstić information content (AvgIpc) is 2.39. The fourth-order valence-electron chi connectivity index (χ4n) is 1.75. The Hall–Kier alpha value is -1.91. The summed E-state index contributed by atoms with van der Waals surface area (Å²) in [6, 6.07) is 8.58. The highest BCUT2D eigenvalue weighted by Crippen LogP contribution is 2.12. The van der Waals surface area contributed by atoms with Crippen LogP contribution in [0, 0.1) is 34.4 Å². The summed E-state index contributed by atoms with van der Waals surface area (Å²) < 4.78 is 13.2. The Bertz CT molecular complexity index is 485. The highest BCUT2D eigenvalue weighted by Gasteiger charge is 2.10. The van der Waals surface area contributed by atoms with E-state index in [1.54, 1.807) is 12.1 Å². The van der Waals surface area contributed by atoms with Crippen LogP contribution in [0.4, 0.5) is 4.39 Å². The third-order valence-corrected chi connectivity index (χ3v) is 2.76. The van der Waals surface area contributed by atoms with Gasteiger partial charge in [-0.25, -0.2) is 4.39 Å². The third kappa shape index (κ3) is 3.84. The first-order chi connectivity index (χ1) is 8.60. The summed E-state index contributed by atoms with van der Waals surface area (Å²) in [4.78, 5) is 2.10. The van der Waals surface area contributed by atoms with E-state index in [4.69, 9.17) is 10.5 Å². The predicted molar refractivity (Wildman–Crippen MR) is 66.8 cm³/mol. The molecular formula is C14H16FN3. The van der Waals surface area contributed by atoms with Gasteiger partial charge in [-0.3, -0.25) is 4.90 Å². The molecule has 0 fully saturated rings. The van der Waals surface area contributed by atoms with E-state index < -0.39 is 5.82 Å². The Morgan fingerprint density at radius 3 is 2.67 bits per heavy atom. The quantitative estimate of drug-likeness (QED) is 0.801. The average molecular weight is 245 g/mol. The van der Waals surface area contributed by atoms with E-state index in [2.05, 4.69) is 11.0 Å². The third-order valence-electron chi connectivity index (χ3n) is 2.76. The van der Waals surface area contributed by atoms with E-state index >= 15 is 0 Å². The van der Waals surface area contributed by atoms with Gasteiger partial charge in [-0.2, -0.15) is 10.5 Å². The lowest BCUT2D eigenvalue weighted by Crippen LogP contribution is -2.27. The first-order valence-electron chi connectivity index (χ1n) is 5.91. The lowest BCUT2D eigenvalue weighted by molar-refractivity contribution is 0.260. The molecule has 0 aromatic heterocycles. The van der Waals surface area contributed by atoms with E-state index in [0.29, 0.717) is 13.1 Å². The molecule has 0 heterocycles. The fraction of sp³-hybridized carbons (Fsp3) is 0.429. The first-order valence-corrected chi connectivity index (χ1v) is 5.91. The highest BCUT2D eigenvalue weighted by molar-refractivity contribution is 5.34. The van der Waals surface area contributed by atoms with Crippen molar-refractivity contribution in [3.8, 4) is 12.1 Å². The lowest BCUT2D eigenvalue weighted by atomic mass is 10.1. The van der Waals surface area contributed by atoms with E-state index in [-0.39, 0.29) is 11.5 Å². The second-order valence-electron chi connectivity index (χ2n) is 4.28. The molecule has 1 atom stereocenters. The minimum atomic E-state index is -0.491. The molecule has 0 N–H and O–H groups in total. The molecule has 0 radical (unpaired) electrons. The summed E-state index contributed by atoms with van der Waals surface area (Å²) in [5.74, 6) is -0.532. The SMILES string of the molecule is CCN(Cc1ccc(F)c(C#N)c1)CC(C)C#N. The Morgan fingerprint density at radius 2 is 2.11 bits per heavy atom. The largest absolute Gasteiger partial charge is 0.298 e. The second kappa shape index (κ2) is 6.74. The van der Waals surface area contributed by atoms with Gasteiger partial charge in [0.15, 0.2) is 0 Å². The molecule has 4 heteroatoms. The molecule has 0 bridgehead atoms. The maximum Gasteiger partial charge on any atom is 0.140 e. The maximum atomic E-state index is 13.2. The van der Waals surface area contributed by atoms with Gasteiger partial charge in [0.05, 0.1) is 17.6 Å². The number of hydrogen-bond acceptors (Lipinski definition) is 3. The van der Waals surface area contributed by atoms with Crippen molar-refractivity contribution in [2.75, 3.05) is 13.1 Å². The van der Waals surface area contributed by atoms with E-state index in [1.165, 1.54) is 6.07 Å². The number of benzene rings is 1. The van der Waals surface area contributed by atoms with Crippen LogP contribution in [0.25, 0.3) is 0 Å². The molecule has 0 spiro atoms. The van der Waals surface area contributed by atoms with Gasteiger partial charge in [0, 0.05) is 13.1 Å². The summed E-state index contributed by atoms with van der Waals surface area (Å²) in [6.07, 6.45) is 0. The Balaban J connectivity index is 2.77. The number of nitriles is 2. The number of rotatable bonds is 5. The van der Waals surface area contributed by atoms with Crippen LogP contribution in [0.15, 0.2) is 18.2 Å². The summed E-state index contributed by atoms with van der Waals surface area (Å²) in [6.45, 7) is 5.99. The maximum absolute atomic E-state index is 13.2. The molecule has 0 amide bonds. The molecule has 1 unspecified atom stereocenters. The molecule has 18 heavy (non-hydrogen) atoms. The van der Waals surface area contributed by atoms with Gasteiger partial charge >= 0.3 is 0 Å². The van der Waals surface area contributed by atoms with Crippen LogP contribution in [0.3, 0.4) is 0 Å². The summed E-state index contributed by atoms with van der Waals surface area (Å²) in [5.41, 5.74) is 0.955. The van der Waals surface area contributed by atoms with Gasteiger partial charge in [-0.15, -0.1) is 0 Å². The molecule has 1 aromatic carbocycles. The topological polar surface area (TPSA) is 50.8 Å². The van der Waals surface area contributed by atoms with Crippen LogP contribution in [-0.4, -0.2) is 18.0 Å². The monoisotopic (exact) mass is 245 g/mol. The second-order valence-corrected chi connectivity index (χ2v) is 4.28. The minimum Gasteiger partial charge on any atom is -0.298 e. The van der Waals surface area contributed by atoms with Crippen molar-refractivity contribution in [2.45, 2.75) is 20.4 Å². The normalized spacial score (nSPS) is 11.9. The van der Waals surface area contributed by atoms with E-state index in [1.807, 2.05) is 19.9 Å². The number of halogens is 1. The zero-order valence-electron chi connectivity index (χ0n) is 10.7. The van der Waals surface area contributed by atoms with Crippen molar-refractivity contribution in [1.29, 1.82) is 10.5 Å². The molecule has 0 aliphatic carbocycles. The summed E-state index contributed by atoms with van der Waals surface area (Å²) >= 11 is 0. The predicted octanol–water partition coefficient (Wildman–Crippen LogP) is 2.68. The summed E-state index contributed by atoms with van der Waals surface area (Å²) in [7, 11) is 0. The zero-order valence-corrected chi connectivity index (χ0v) is 10.7. The first kappa shape index (κ1) is 14.2. The molecule has 0 saturated carbocycles. The molecule has 0 aliphatic rings. The molecule has 94 valence electrons. The highest BCUT2D eigenvalue weighted by atomic mass is 19.1. The Kier molecular flexibility index (Phi) is 5.30. The van der Waals surface area contributed by atoms with Crippen molar-refractivity contribution in [1.82, 2.24) is 4.90 Å². The molecule has 1 rings (SSSR count). The van der Waals surface area contributed by atoms with Crippen LogP contribution < -0.4 is 0 Å². The lowest BCUT2D eigenvalue weighted by Gasteiger charge is -2.21. The fourth-order valence-corrected chi connectivity index (χ4v) is 1.75. The molecule has 3 nitrogen and oxygen atoms in total. The van der Waals surface area contributed by atoms with Gasteiger partial charge in [0.1, 0.15) is 11.9 Å². The van der Waals surface area contributed by atoms with Crippen molar-refractivity contribution >= 4 is 0 Å². The molecule has 1 aromatic rings. The van der Waals surface area contributed by atoms with Gasteiger partial charge in [0.2, 0.25) is 0 Å². The summed E-state index contributed by atoms with van der Waals surface area (Å²) in [5, 5.41) is 17.6. The van der Waals surface area contributed by atoms with Gasteiger partial charge in [-0.05, 0) is 31.2 Å². The molecule has 0 saturated heterocycles.